The third-order valence-corrected chi connectivity index (χ3v) is 0.747. The van der Waals surface area contributed by atoms with Crippen LogP contribution < -0.4 is 0 Å². The van der Waals surface area contributed by atoms with Crippen molar-refractivity contribution in [1.82, 2.24) is 0 Å². The Bertz CT molecular complexity index is 216. The van der Waals surface area contributed by atoms with Gasteiger partial charge >= 0.3 is 17.9 Å². The van der Waals surface area contributed by atoms with Crippen LogP contribution in [0, 0.1) is 0 Å². The summed E-state index contributed by atoms with van der Waals surface area (Å²) < 4.78 is 38.4. The molecule has 0 aliphatic heterocycles. The lowest BCUT2D eigenvalue weighted by Gasteiger charge is -1.97. The average molecular weight is 168 g/mol. The van der Waals surface area contributed by atoms with Crippen molar-refractivity contribution in [3.8, 4) is 0 Å². The molecule has 11 heavy (non-hydrogen) atoms. The van der Waals surface area contributed by atoms with Gasteiger partial charge in [0.05, 0.1) is 7.11 Å². The number of halogens is 3. The lowest BCUT2D eigenvalue weighted by molar-refractivity contribution is -0.152. The number of nitrogens with zero attached hydrogens (tertiary/aromatic N) is 2. The summed E-state index contributed by atoms with van der Waals surface area (Å²) >= 11 is 0. The second kappa shape index (κ2) is 3.16. The zero-order valence-electron chi connectivity index (χ0n) is 5.34. The molecule has 7 heteroatoms. The van der Waals surface area contributed by atoms with Gasteiger partial charge in [0.2, 0.25) is 0 Å². The summed E-state index contributed by atoms with van der Waals surface area (Å²) in [5.41, 5.74) is 5.76. The largest absolute Gasteiger partial charge is 0.503 e. The molecule has 0 radical (unpaired) electrons. The summed E-state index contributed by atoms with van der Waals surface area (Å²) in [6.07, 6.45) is -4.98. The molecule has 0 aromatic heterocycles. The van der Waals surface area contributed by atoms with E-state index >= 15 is 0 Å². The molecule has 0 fully saturated rings. The quantitative estimate of drug-likeness (QED) is 0.246. The van der Waals surface area contributed by atoms with Gasteiger partial charge in [-0.25, -0.2) is 4.79 Å². The van der Waals surface area contributed by atoms with Crippen molar-refractivity contribution in [1.29, 1.82) is 0 Å². The SMILES string of the molecule is COC(=O)C(=[N+]=[N-])C(F)(F)F. The Balaban J connectivity index is 4.73. The number of carbonyl (C=O) groups excluding carboxylic acids is 1. The van der Waals surface area contributed by atoms with E-state index in [9.17, 15) is 18.0 Å². The van der Waals surface area contributed by atoms with Gasteiger partial charge in [0.1, 0.15) is 0 Å². The highest BCUT2D eigenvalue weighted by atomic mass is 19.4. The molecule has 0 aromatic carbocycles. The van der Waals surface area contributed by atoms with Crippen LogP contribution in [0.25, 0.3) is 5.53 Å². The summed E-state index contributed by atoms with van der Waals surface area (Å²) in [6.45, 7) is 0. The van der Waals surface area contributed by atoms with Crippen molar-refractivity contribution in [2.75, 3.05) is 7.11 Å². The van der Waals surface area contributed by atoms with E-state index in [-0.39, 0.29) is 0 Å². The maximum absolute atomic E-state index is 11.6. The molecule has 0 rings (SSSR count). The van der Waals surface area contributed by atoms with E-state index in [1.165, 1.54) is 0 Å². The maximum Gasteiger partial charge on any atom is 0.503 e. The zero-order chi connectivity index (χ0) is 9.07. The van der Waals surface area contributed by atoms with Crippen LogP contribution in [-0.2, 0) is 9.53 Å². The van der Waals surface area contributed by atoms with Crippen LogP contribution in [-0.4, -0.2) is 29.8 Å². The van der Waals surface area contributed by atoms with Gasteiger partial charge in [0, 0.05) is 0 Å². The lowest BCUT2D eigenvalue weighted by atomic mass is 10.4. The summed E-state index contributed by atoms with van der Waals surface area (Å²) in [5.74, 6) is -1.72. The molecule has 0 atom stereocenters. The van der Waals surface area contributed by atoms with E-state index in [1.807, 2.05) is 0 Å². The monoisotopic (exact) mass is 168 g/mol. The van der Waals surface area contributed by atoms with E-state index in [4.69, 9.17) is 5.53 Å². The Morgan fingerprint density at radius 2 is 2.00 bits per heavy atom. The molecule has 0 heterocycles. The molecule has 0 aliphatic rings. The lowest BCUT2D eigenvalue weighted by Crippen LogP contribution is -2.32. The number of ether oxygens (including phenoxy) is 1. The molecule has 0 bridgehead atoms. The van der Waals surface area contributed by atoms with Crippen molar-refractivity contribution < 1.29 is 27.5 Å². The minimum atomic E-state index is -4.98. The third kappa shape index (κ3) is 2.38. The van der Waals surface area contributed by atoms with Gasteiger partial charge in [-0.05, 0) is 0 Å². The second-order valence-corrected chi connectivity index (χ2v) is 1.44. The minimum Gasteiger partial charge on any atom is -0.460 e. The molecular formula is C4H3F3N2O2. The van der Waals surface area contributed by atoms with Crippen LogP contribution >= 0.6 is 0 Å². The standard InChI is InChI=1S/C4H3F3N2O2/c1-11-3(10)2(9-8)4(5,6)7/h1H3. The van der Waals surface area contributed by atoms with Gasteiger partial charge in [-0.3, -0.25) is 0 Å². The fourth-order valence-electron chi connectivity index (χ4n) is 0.310. The number of hydrogen-bond acceptors (Lipinski definition) is 2. The second-order valence-electron chi connectivity index (χ2n) is 1.44. The first-order chi connectivity index (χ1) is 4.93. The first kappa shape index (κ1) is 9.64. The molecule has 0 aliphatic carbocycles. The van der Waals surface area contributed by atoms with Crippen LogP contribution in [0.1, 0.15) is 0 Å². The molecule has 0 spiro atoms. The minimum absolute atomic E-state index is 0.749. The number of rotatable bonds is 1. The molecule has 62 valence electrons. The Morgan fingerprint density at radius 3 is 2.09 bits per heavy atom. The molecule has 0 saturated heterocycles. The van der Waals surface area contributed by atoms with E-state index in [2.05, 4.69) is 4.74 Å². The van der Waals surface area contributed by atoms with Gasteiger partial charge in [0.25, 0.3) is 0 Å². The highest BCUT2D eigenvalue weighted by Crippen LogP contribution is 2.16. The number of esters is 1. The Labute approximate surface area is 59.2 Å². The van der Waals surface area contributed by atoms with Gasteiger partial charge in [-0.2, -0.15) is 18.0 Å². The molecule has 0 N–H and O–H groups in total. The smallest absolute Gasteiger partial charge is 0.460 e. The number of carbonyl (C=O) groups is 1. The molecular weight excluding hydrogens is 165 g/mol. The zero-order valence-corrected chi connectivity index (χ0v) is 5.34. The summed E-state index contributed by atoms with van der Waals surface area (Å²) in [6, 6.07) is 0. The Hall–Kier alpha value is -1.36. The van der Waals surface area contributed by atoms with E-state index in [1.54, 1.807) is 4.79 Å². The van der Waals surface area contributed by atoms with Crippen molar-refractivity contribution >= 4 is 11.7 Å². The van der Waals surface area contributed by atoms with E-state index in [0.717, 1.165) is 7.11 Å². The van der Waals surface area contributed by atoms with Crippen LogP contribution in [0.15, 0.2) is 0 Å². The first-order valence-corrected chi connectivity index (χ1v) is 2.31. The van der Waals surface area contributed by atoms with Crippen LogP contribution in [0.5, 0.6) is 0 Å². The Morgan fingerprint density at radius 1 is 1.55 bits per heavy atom. The fraction of sp³-hybridized carbons (Fsp3) is 0.500. The van der Waals surface area contributed by atoms with Gasteiger partial charge in [0.15, 0.2) is 0 Å². The van der Waals surface area contributed by atoms with Crippen LogP contribution in [0.4, 0.5) is 13.2 Å². The van der Waals surface area contributed by atoms with Crippen molar-refractivity contribution in [3.05, 3.63) is 5.53 Å². The molecule has 0 unspecified atom stereocenters. The third-order valence-electron chi connectivity index (χ3n) is 0.747. The normalized spacial score (nSPS) is 10.2. The summed E-state index contributed by atoms with van der Waals surface area (Å²) in [5, 5.41) is 0. The highest BCUT2D eigenvalue weighted by molar-refractivity contribution is 6.36. The van der Waals surface area contributed by atoms with E-state index < -0.39 is 17.9 Å². The van der Waals surface area contributed by atoms with Gasteiger partial charge in [-0.15, -0.1) is 0 Å². The fourth-order valence-corrected chi connectivity index (χ4v) is 0.310. The Kier molecular flexibility index (Phi) is 2.77. The number of methoxy groups -OCH3 is 1. The van der Waals surface area contributed by atoms with Crippen molar-refractivity contribution in [2.45, 2.75) is 6.18 Å². The predicted molar refractivity (Wildman–Crippen MR) is 26.7 cm³/mol. The highest BCUT2D eigenvalue weighted by Gasteiger charge is 2.50. The van der Waals surface area contributed by atoms with Crippen LogP contribution in [0.3, 0.4) is 0 Å². The van der Waals surface area contributed by atoms with Crippen molar-refractivity contribution in [3.63, 3.8) is 0 Å². The van der Waals surface area contributed by atoms with Gasteiger partial charge in [-0.1, -0.05) is 0 Å². The molecule has 0 saturated carbocycles. The molecule has 0 amide bonds. The molecule has 4 nitrogen and oxygen atoms in total. The number of alkyl halides is 3. The van der Waals surface area contributed by atoms with Crippen molar-refractivity contribution in [2.24, 2.45) is 0 Å². The average Bonchev–Trinajstić information content (AvgIpc) is 1.86. The maximum atomic E-state index is 11.6. The van der Waals surface area contributed by atoms with Crippen LogP contribution in [0.2, 0.25) is 0 Å². The molecule has 0 aromatic rings. The predicted octanol–water partition coefficient (Wildman–Crippen LogP) is 0.392. The van der Waals surface area contributed by atoms with E-state index in [0.29, 0.717) is 0 Å². The number of hydrogen-bond donors (Lipinski definition) is 0. The first-order valence-electron chi connectivity index (χ1n) is 2.31. The van der Waals surface area contributed by atoms with Gasteiger partial charge < -0.3 is 10.3 Å². The summed E-state index contributed by atoms with van der Waals surface area (Å²) in [4.78, 5) is 11.9. The topological polar surface area (TPSA) is 62.7 Å². The summed E-state index contributed by atoms with van der Waals surface area (Å²) in [7, 11) is 0.749.